The number of allylic oxidation sites excluding steroid dienone is 9. The highest BCUT2D eigenvalue weighted by Crippen LogP contribution is 2.27. The fraction of sp³-hybridized carbons (Fsp3) is 0.727. The Morgan fingerprint density at radius 2 is 0.917 bits per heavy atom. The monoisotopic (exact) mass is 667 g/mol. The third-order valence-electron chi connectivity index (χ3n) is 9.17. The molecule has 1 rings (SSSR count). The van der Waals surface area contributed by atoms with E-state index in [1.54, 1.807) is 0 Å². The second-order valence-electron chi connectivity index (χ2n) is 13.6. The quantitative estimate of drug-likeness (QED) is 0.0407. The zero-order valence-corrected chi connectivity index (χ0v) is 31.4. The van der Waals surface area contributed by atoms with E-state index in [1.165, 1.54) is 103 Å². The van der Waals surface area contributed by atoms with Crippen LogP contribution in [0.2, 0.25) is 0 Å². The summed E-state index contributed by atoms with van der Waals surface area (Å²) in [7, 11) is 0. The molecule has 0 aromatic heterocycles. The van der Waals surface area contributed by atoms with Crippen molar-refractivity contribution in [3.05, 3.63) is 60.8 Å². The minimum atomic E-state index is -0.508. The van der Waals surface area contributed by atoms with Gasteiger partial charge in [-0.05, 0) is 89.9 Å². The molecular formula is C44H74O4. The third-order valence-corrected chi connectivity index (χ3v) is 9.17. The predicted molar refractivity (Wildman–Crippen MR) is 206 cm³/mol. The number of hydrogen-bond acceptors (Lipinski definition) is 4. The van der Waals surface area contributed by atoms with Crippen LogP contribution >= 0.6 is 0 Å². The Balaban J connectivity index is 2.02. The normalized spacial score (nSPS) is 16.6. The van der Waals surface area contributed by atoms with Crippen molar-refractivity contribution in [1.29, 1.82) is 0 Å². The van der Waals surface area contributed by atoms with Crippen molar-refractivity contribution in [2.24, 2.45) is 11.8 Å². The minimum absolute atomic E-state index is 0.238. The van der Waals surface area contributed by atoms with Gasteiger partial charge in [0.2, 0.25) is 0 Å². The highest BCUT2D eigenvalue weighted by Gasteiger charge is 2.35. The van der Waals surface area contributed by atoms with E-state index >= 15 is 0 Å². The predicted octanol–water partition coefficient (Wildman–Crippen LogP) is 13.3. The molecule has 0 spiro atoms. The molecule has 2 atom stereocenters. The van der Waals surface area contributed by atoms with Crippen LogP contribution < -0.4 is 0 Å². The van der Waals surface area contributed by atoms with Crippen molar-refractivity contribution in [3.63, 3.8) is 0 Å². The van der Waals surface area contributed by atoms with Crippen LogP contribution in [0.1, 0.15) is 181 Å². The molecule has 0 bridgehead atoms. The average Bonchev–Trinajstić information content (AvgIpc) is 3.10. The van der Waals surface area contributed by atoms with E-state index in [0.717, 1.165) is 57.8 Å². The number of unbranched alkanes of at least 4 members (excludes halogenated alkanes) is 18. The molecule has 4 heteroatoms. The van der Waals surface area contributed by atoms with Gasteiger partial charge in [-0.25, -0.2) is 0 Å². The van der Waals surface area contributed by atoms with Crippen LogP contribution in [0.15, 0.2) is 60.8 Å². The lowest BCUT2D eigenvalue weighted by Gasteiger charge is -2.24. The molecule has 0 N–H and O–H groups in total. The van der Waals surface area contributed by atoms with Crippen molar-refractivity contribution in [3.8, 4) is 0 Å². The topological polar surface area (TPSA) is 52.6 Å². The zero-order chi connectivity index (χ0) is 34.6. The first-order chi connectivity index (χ1) is 23.7. The molecule has 0 aromatic rings. The number of rotatable bonds is 32. The highest BCUT2D eigenvalue weighted by atomic mass is 16.5. The molecule has 0 heterocycles. The van der Waals surface area contributed by atoms with E-state index in [9.17, 15) is 9.59 Å². The fourth-order valence-electron chi connectivity index (χ4n) is 6.07. The van der Waals surface area contributed by atoms with Gasteiger partial charge in [-0.3, -0.25) is 9.59 Å². The minimum Gasteiger partial charge on any atom is -0.465 e. The number of ether oxygens (including phenoxy) is 2. The van der Waals surface area contributed by atoms with E-state index in [1.807, 2.05) is 12.2 Å². The molecule has 0 saturated carbocycles. The summed E-state index contributed by atoms with van der Waals surface area (Å²) in [5, 5.41) is 0. The Morgan fingerprint density at radius 3 is 1.38 bits per heavy atom. The van der Waals surface area contributed by atoms with Gasteiger partial charge in [0.1, 0.15) is 0 Å². The standard InChI is InChI=1S/C44H74O4/c1-3-5-7-9-11-13-15-17-19-21-23-25-27-29-31-35-39-47-43(45)41-37-33-34-38-42(41)44(46)48-40-36-32-30-28-26-24-22-20-18-16-14-12-10-8-6-4-2/h11-14,17-20,33,37,41-42H,3-10,15-16,21-32,34-36,38-40H2,1-2H3/b13-11-,14-12-,19-17-,20-18-. The number of hydrogen-bond donors (Lipinski definition) is 0. The van der Waals surface area contributed by atoms with E-state index in [0.29, 0.717) is 19.6 Å². The summed E-state index contributed by atoms with van der Waals surface area (Å²) in [4.78, 5) is 25.6. The maximum Gasteiger partial charge on any atom is 0.313 e. The average molecular weight is 667 g/mol. The summed E-state index contributed by atoms with van der Waals surface area (Å²) in [6, 6.07) is 0. The van der Waals surface area contributed by atoms with Crippen molar-refractivity contribution in [2.75, 3.05) is 13.2 Å². The number of esters is 2. The molecule has 0 saturated heterocycles. The first kappa shape index (κ1) is 43.7. The summed E-state index contributed by atoms with van der Waals surface area (Å²) in [6.45, 7) is 5.38. The summed E-state index contributed by atoms with van der Waals surface area (Å²) < 4.78 is 11.2. The largest absolute Gasteiger partial charge is 0.465 e. The Morgan fingerprint density at radius 1 is 0.521 bits per heavy atom. The Hall–Kier alpha value is -2.36. The van der Waals surface area contributed by atoms with Crippen molar-refractivity contribution in [1.82, 2.24) is 0 Å². The molecule has 0 fully saturated rings. The maximum absolute atomic E-state index is 12.8. The van der Waals surface area contributed by atoms with Crippen LogP contribution in [0, 0.1) is 11.8 Å². The van der Waals surface area contributed by atoms with Crippen molar-refractivity contribution < 1.29 is 19.1 Å². The molecule has 0 aromatic carbocycles. The van der Waals surface area contributed by atoms with Crippen LogP contribution in [-0.4, -0.2) is 25.2 Å². The Bertz CT molecular complexity index is 896. The van der Waals surface area contributed by atoms with Crippen LogP contribution in [0.3, 0.4) is 0 Å². The molecule has 0 aliphatic heterocycles. The molecule has 4 nitrogen and oxygen atoms in total. The second kappa shape index (κ2) is 34.5. The summed E-state index contributed by atoms with van der Waals surface area (Å²) in [6.07, 6.45) is 52.2. The Labute approximate surface area is 297 Å². The van der Waals surface area contributed by atoms with Crippen molar-refractivity contribution in [2.45, 2.75) is 181 Å². The van der Waals surface area contributed by atoms with Gasteiger partial charge in [-0.1, -0.05) is 152 Å². The van der Waals surface area contributed by atoms with Gasteiger partial charge in [0.25, 0.3) is 0 Å². The fourth-order valence-corrected chi connectivity index (χ4v) is 6.07. The van der Waals surface area contributed by atoms with Crippen LogP contribution in [-0.2, 0) is 19.1 Å². The van der Waals surface area contributed by atoms with Gasteiger partial charge in [0.15, 0.2) is 0 Å². The summed E-state index contributed by atoms with van der Waals surface area (Å²) >= 11 is 0. The second-order valence-corrected chi connectivity index (χ2v) is 13.6. The van der Waals surface area contributed by atoms with E-state index < -0.39 is 11.8 Å². The third kappa shape index (κ3) is 26.6. The summed E-state index contributed by atoms with van der Waals surface area (Å²) in [5.41, 5.74) is 0. The van der Waals surface area contributed by atoms with Gasteiger partial charge in [-0.2, -0.15) is 0 Å². The summed E-state index contributed by atoms with van der Waals surface area (Å²) in [5.74, 6) is -1.43. The van der Waals surface area contributed by atoms with E-state index in [-0.39, 0.29) is 11.9 Å². The lowest BCUT2D eigenvalue weighted by atomic mass is 9.84. The smallest absolute Gasteiger partial charge is 0.313 e. The number of carbonyl (C=O) groups excluding carboxylic acids is 2. The molecule has 48 heavy (non-hydrogen) atoms. The molecule has 1 aliphatic rings. The SMILES string of the molecule is CCCCC/C=C\C/C=C\CCCCCCCCOC(=O)C1C=CCCC1C(=O)OCCCCCCCC/C=C\C/C=C\CCCCC. The number of carbonyl (C=O) groups is 2. The molecule has 0 amide bonds. The van der Waals surface area contributed by atoms with Crippen molar-refractivity contribution >= 4 is 11.9 Å². The lowest BCUT2D eigenvalue weighted by Crippen LogP contribution is -2.33. The van der Waals surface area contributed by atoms with Crippen LogP contribution in [0.5, 0.6) is 0 Å². The molecular weight excluding hydrogens is 592 g/mol. The van der Waals surface area contributed by atoms with Gasteiger partial charge >= 0.3 is 11.9 Å². The molecule has 274 valence electrons. The van der Waals surface area contributed by atoms with Gasteiger partial charge < -0.3 is 9.47 Å². The van der Waals surface area contributed by atoms with E-state index in [2.05, 4.69) is 62.5 Å². The van der Waals surface area contributed by atoms with Gasteiger partial charge in [0.05, 0.1) is 25.0 Å². The van der Waals surface area contributed by atoms with Crippen LogP contribution in [0.4, 0.5) is 0 Å². The highest BCUT2D eigenvalue weighted by molar-refractivity contribution is 5.83. The first-order valence-corrected chi connectivity index (χ1v) is 20.3. The van der Waals surface area contributed by atoms with E-state index in [4.69, 9.17) is 9.47 Å². The molecule has 2 unspecified atom stereocenters. The Kier molecular flexibility index (Phi) is 31.4. The molecule has 0 radical (unpaired) electrons. The maximum atomic E-state index is 12.8. The molecule has 1 aliphatic carbocycles. The van der Waals surface area contributed by atoms with Gasteiger partial charge in [-0.15, -0.1) is 0 Å². The van der Waals surface area contributed by atoms with Crippen LogP contribution in [0.25, 0.3) is 0 Å². The first-order valence-electron chi connectivity index (χ1n) is 20.3. The lowest BCUT2D eigenvalue weighted by molar-refractivity contribution is -0.159. The zero-order valence-electron chi connectivity index (χ0n) is 31.4. The van der Waals surface area contributed by atoms with Gasteiger partial charge in [0, 0.05) is 0 Å².